The Kier molecular flexibility index (Phi) is 35.0. The number of para-hydroxylation sites is 1. The Morgan fingerprint density at radius 2 is 0.891 bits per heavy atom. The van der Waals surface area contributed by atoms with E-state index in [0.29, 0.717) is 31.0 Å². The summed E-state index contributed by atoms with van der Waals surface area (Å²) in [5.41, 5.74) is -16.0. The zero-order valence-corrected chi connectivity index (χ0v) is 61.7. The predicted molar refractivity (Wildman–Crippen MR) is 358 cm³/mol. The number of Topliss-reactive ketones (excluding diaryl/α,β-unsaturated/α-hetero) is 1. The first-order valence-corrected chi connectivity index (χ1v) is 36.1. The minimum absolute atomic E-state index is 0.138. The average molecular weight is 1460 g/mol. The van der Waals surface area contributed by atoms with Crippen molar-refractivity contribution >= 4 is 93.2 Å². The SMILES string of the molecule is CC1(C)OB(B2OC(C)(C)C(C)(C)O2)OC1(C)C.CC1=CCN(P)CC1.CC1=CCN(P)CC1.CC1=CCNCC1.CC1CCNCC1.O=C1CCN(P)CC1.O=S(=O)(N(c1ccccc1)S(=O)(=O)C(F)(F)F)C(F)(F)F.O=S(=O)(OC1=CCN(P)CC1)C(F)(F)F. The van der Waals surface area contributed by atoms with E-state index in [1.54, 1.807) is 4.67 Å². The number of hydrogen-bond acceptors (Lipinski definition) is 18. The first kappa shape index (κ1) is 86.2. The maximum Gasteiger partial charge on any atom is 0.534 e. The molecule has 4 fully saturated rings. The molecule has 9 rings (SSSR count). The summed E-state index contributed by atoms with van der Waals surface area (Å²) < 4.78 is 211. The summed E-state index contributed by atoms with van der Waals surface area (Å²) >= 11 is 0. The van der Waals surface area contributed by atoms with Gasteiger partial charge in [-0.3, -0.25) is 23.5 Å². The van der Waals surface area contributed by atoms with Gasteiger partial charge < -0.3 is 33.4 Å². The number of rotatable bonds is 6. The van der Waals surface area contributed by atoms with Crippen LogP contribution in [0, 0.1) is 5.92 Å². The van der Waals surface area contributed by atoms with Gasteiger partial charge in [-0.15, -0.1) is 3.71 Å². The molecule has 4 saturated heterocycles. The van der Waals surface area contributed by atoms with E-state index in [0.717, 1.165) is 69.7 Å². The summed E-state index contributed by atoms with van der Waals surface area (Å²) in [6.07, 6.45) is 16.2. The number of alkyl halides is 9. The summed E-state index contributed by atoms with van der Waals surface area (Å²) in [6.45, 7) is 37.0. The van der Waals surface area contributed by atoms with Gasteiger partial charge in [0, 0.05) is 78.2 Å². The fourth-order valence-corrected chi connectivity index (χ4v) is 12.3. The number of carbonyl (C=O) groups excluding carboxylic acids is 1. The van der Waals surface area contributed by atoms with E-state index in [1.807, 2.05) is 55.4 Å². The number of nitrogens with zero attached hydrogens (tertiary/aromatic N) is 5. The fourth-order valence-electron chi connectivity index (χ4n) is 8.12. The predicted octanol–water partition coefficient (Wildman–Crippen LogP) is 10.9. The maximum absolute atomic E-state index is 12.4. The molecule has 1 aromatic rings. The lowest BCUT2D eigenvalue weighted by atomic mass is 9.49. The zero-order chi connectivity index (χ0) is 70.5. The van der Waals surface area contributed by atoms with Crippen LogP contribution in [0.15, 0.2) is 77.1 Å². The highest BCUT2D eigenvalue weighted by molar-refractivity contribution is 8.11. The monoisotopic (exact) mass is 1460 g/mol. The number of halogens is 9. The normalized spacial score (nSPS) is 22.3. The molecule has 530 valence electrons. The number of carbonyl (C=O) groups is 1. The third-order valence-electron chi connectivity index (χ3n) is 15.7. The topological polar surface area (TPSA) is 206 Å². The molecule has 0 radical (unpaired) electrons. The number of benzene rings is 1. The van der Waals surface area contributed by atoms with Crippen molar-refractivity contribution < 1.29 is 92.4 Å². The smallest absolute Gasteiger partial charge is 0.405 e. The lowest BCUT2D eigenvalue weighted by molar-refractivity contribution is -0.120. The van der Waals surface area contributed by atoms with Crippen molar-refractivity contribution in [1.29, 1.82) is 0 Å². The van der Waals surface area contributed by atoms with Crippen LogP contribution < -0.4 is 14.3 Å². The number of anilines is 1. The van der Waals surface area contributed by atoms with Crippen molar-refractivity contribution in [1.82, 2.24) is 29.3 Å². The van der Waals surface area contributed by atoms with Crippen LogP contribution in [0.1, 0.15) is 134 Å². The second-order valence-corrected chi connectivity index (χ2v) is 32.9. The van der Waals surface area contributed by atoms with Crippen LogP contribution in [-0.4, -0.2) is 181 Å². The molecule has 8 heterocycles. The summed E-state index contributed by atoms with van der Waals surface area (Å²) in [5.74, 6) is 1.22. The number of sulfonamides is 2. The molecule has 0 aromatic heterocycles. The highest BCUT2D eigenvalue weighted by Crippen LogP contribution is 2.43. The van der Waals surface area contributed by atoms with Gasteiger partial charge in [0.1, 0.15) is 11.5 Å². The molecule has 0 amide bonds. The van der Waals surface area contributed by atoms with Crippen molar-refractivity contribution in [2.45, 2.75) is 173 Å². The van der Waals surface area contributed by atoms with Crippen molar-refractivity contribution in [2.75, 3.05) is 82.2 Å². The highest BCUT2D eigenvalue weighted by atomic mass is 32.3. The van der Waals surface area contributed by atoms with Gasteiger partial charge in [-0.2, -0.15) is 64.8 Å². The molecule has 1 aromatic carbocycles. The van der Waals surface area contributed by atoms with Crippen LogP contribution in [0.5, 0.6) is 0 Å². The number of hydrogen-bond donors (Lipinski definition) is 2. The lowest BCUT2D eigenvalue weighted by Crippen LogP contribution is -2.49. The van der Waals surface area contributed by atoms with Gasteiger partial charge in [-0.1, -0.05) is 97.6 Å². The standard InChI is InChI=1S/C12H24B2O4.C8H5F6NO4S2.C6H9F3NO3PS.2C6H12NP.C6H13N.C6H11N.C5H10NOP/c1-9(2)10(3,4)16-13(15-9)14-17-11(5,6)12(7,8)18-14;9-7(10,11)20(16,17)15(6-4-2-1-3-5-6)21(18,19)8(12,13)14;7-6(8,9)15(11,12)13-5-1-3-10(14)4-2-5;2*1-6-2-4-7(8)5-3-6;2*1-6-2-4-7-5-3-6;7-5-1-3-6(8)4-2-5/h1-8H3;1-5H;1H,2-4,14H2;2*2H,3-5,8H2,1H3;6-7H,2-5H2,1H3;2,7H,3-5H2,1H3;1-4,8H2. The van der Waals surface area contributed by atoms with Crippen molar-refractivity contribution in [2.24, 2.45) is 5.92 Å². The third-order valence-corrected chi connectivity index (χ3v) is 22.2. The Morgan fingerprint density at radius 1 is 0.522 bits per heavy atom. The Hall–Kier alpha value is -1.88. The summed E-state index contributed by atoms with van der Waals surface area (Å²) in [5, 5.41) is 6.55. The summed E-state index contributed by atoms with van der Waals surface area (Å²) in [4.78, 5) is 10.6. The molecule has 2 N–H and O–H groups in total. The number of piperidine rings is 2. The van der Waals surface area contributed by atoms with E-state index in [9.17, 15) is 69.6 Å². The quantitative estimate of drug-likeness (QED) is 0.0678. The van der Waals surface area contributed by atoms with Crippen molar-refractivity contribution in [3.63, 3.8) is 0 Å². The molecular formula is C55H96B2F9N7O12P4S3. The van der Waals surface area contributed by atoms with Gasteiger partial charge in [-0.05, 0) is 152 Å². The molecular weight excluding hydrogens is 1360 g/mol. The zero-order valence-electron chi connectivity index (χ0n) is 54.6. The Labute approximate surface area is 550 Å². The van der Waals surface area contributed by atoms with Gasteiger partial charge >= 0.3 is 60.7 Å². The maximum atomic E-state index is 12.4. The van der Waals surface area contributed by atoms with E-state index in [2.05, 4.69) is 112 Å². The summed E-state index contributed by atoms with van der Waals surface area (Å²) in [6, 6.07) is 3.85. The minimum Gasteiger partial charge on any atom is -0.405 e. The van der Waals surface area contributed by atoms with Crippen molar-refractivity contribution in [3.8, 4) is 0 Å². The van der Waals surface area contributed by atoms with E-state index in [1.165, 1.54) is 87.6 Å². The average Bonchev–Trinajstić information content (AvgIpc) is 1.08. The number of nitrogens with one attached hydrogen (secondary N) is 2. The first-order chi connectivity index (χ1) is 42.0. The van der Waals surface area contributed by atoms with Crippen LogP contribution >= 0.6 is 37.6 Å². The Bertz CT molecular complexity index is 2810. The van der Waals surface area contributed by atoms with E-state index >= 15 is 0 Å². The minimum atomic E-state index is -6.81. The van der Waals surface area contributed by atoms with Gasteiger partial charge in [0.2, 0.25) is 0 Å². The van der Waals surface area contributed by atoms with Gasteiger partial charge in [0.15, 0.2) is 0 Å². The number of ketones is 1. The molecule has 19 nitrogen and oxygen atoms in total. The molecule has 0 aliphatic carbocycles. The fraction of sp³-hybridized carbons (Fsp3) is 0.727. The lowest BCUT2D eigenvalue weighted by Gasteiger charge is -2.32. The largest absolute Gasteiger partial charge is 0.534 e. The van der Waals surface area contributed by atoms with Gasteiger partial charge in [-0.25, -0.2) is 0 Å². The van der Waals surface area contributed by atoms with Crippen molar-refractivity contribution in [3.05, 3.63) is 77.1 Å². The third kappa shape index (κ3) is 28.9. The van der Waals surface area contributed by atoms with Gasteiger partial charge in [0.25, 0.3) is 0 Å². The molecule has 37 heteroatoms. The second kappa shape index (κ2) is 37.3. The molecule has 0 saturated carbocycles. The second-order valence-electron chi connectivity index (χ2n) is 24.7. The van der Waals surface area contributed by atoms with Crippen LogP contribution in [0.4, 0.5) is 45.2 Å². The molecule has 8 aliphatic rings. The summed E-state index contributed by atoms with van der Waals surface area (Å²) in [7, 11) is -9.69. The molecule has 4 atom stereocenters. The molecule has 0 spiro atoms. The molecule has 92 heavy (non-hydrogen) atoms. The van der Waals surface area contributed by atoms with Crippen LogP contribution in [0.25, 0.3) is 0 Å². The van der Waals surface area contributed by atoms with E-state index in [-0.39, 0.29) is 34.6 Å². The molecule has 4 unspecified atom stereocenters. The first-order valence-electron chi connectivity index (χ1n) is 29.8. The Balaban J connectivity index is 0.000000371. The van der Waals surface area contributed by atoms with Crippen LogP contribution in [0.2, 0.25) is 0 Å². The van der Waals surface area contributed by atoms with Crippen LogP contribution in [-0.2, 0) is 57.8 Å². The molecule has 8 aliphatic heterocycles. The van der Waals surface area contributed by atoms with E-state index < -0.39 is 70.1 Å². The van der Waals surface area contributed by atoms with Gasteiger partial charge in [0.05, 0.1) is 28.1 Å². The Morgan fingerprint density at radius 3 is 1.15 bits per heavy atom. The van der Waals surface area contributed by atoms with Crippen LogP contribution in [0.3, 0.4) is 0 Å². The van der Waals surface area contributed by atoms with E-state index in [4.69, 9.17) is 18.6 Å². The molecule has 0 bridgehead atoms. The highest BCUT2D eigenvalue weighted by Gasteiger charge is 2.64.